The zero-order chi connectivity index (χ0) is 17.4. The van der Waals surface area contributed by atoms with Gasteiger partial charge in [0.2, 0.25) is 16.6 Å². The number of nitrogen functional groups attached to an aromatic ring is 2. The number of hydrogen-bond acceptors (Lipinski definition) is 3. The fourth-order valence-corrected chi connectivity index (χ4v) is 11.0. The summed E-state index contributed by atoms with van der Waals surface area (Å²) in [5.74, 6) is 0. The molecule has 0 amide bonds. The van der Waals surface area contributed by atoms with Crippen LogP contribution in [0.2, 0.25) is 26.2 Å². The molecule has 0 aliphatic rings. The van der Waals surface area contributed by atoms with Gasteiger partial charge in [0.25, 0.3) is 0 Å². The van der Waals surface area contributed by atoms with Crippen molar-refractivity contribution in [2.45, 2.75) is 40.0 Å². The van der Waals surface area contributed by atoms with Crippen molar-refractivity contribution >= 4 is 38.4 Å². The number of nitrogens with two attached hydrogens (primary N) is 2. The van der Waals surface area contributed by atoms with Crippen molar-refractivity contribution in [2.24, 2.45) is 0 Å². The summed E-state index contributed by atoms with van der Waals surface area (Å²) in [5, 5.41) is 2.58. The lowest BCUT2D eigenvalue weighted by Crippen LogP contribution is -2.57. The molecule has 0 radical (unpaired) electrons. The Morgan fingerprint density at radius 2 is 1.04 bits per heavy atom. The number of anilines is 2. The van der Waals surface area contributed by atoms with Crippen LogP contribution < -0.4 is 21.8 Å². The van der Waals surface area contributed by atoms with Crippen LogP contribution in [0.5, 0.6) is 0 Å². The predicted octanol–water partition coefficient (Wildman–Crippen LogP) is 3.01. The van der Waals surface area contributed by atoms with Crippen LogP contribution in [0.25, 0.3) is 0 Å². The highest BCUT2D eigenvalue weighted by atomic mass is 28.4. The third-order valence-corrected chi connectivity index (χ3v) is 11.9. The molecule has 4 N–H and O–H groups in total. The summed E-state index contributed by atoms with van der Waals surface area (Å²) < 4.78 is 6.78. The molecule has 23 heavy (non-hydrogen) atoms. The van der Waals surface area contributed by atoms with Gasteiger partial charge in [0.1, 0.15) is 0 Å². The predicted molar refractivity (Wildman–Crippen MR) is 106 cm³/mol. The molecule has 0 aliphatic heterocycles. The molecule has 0 unspecified atom stereocenters. The Morgan fingerprint density at radius 3 is 1.35 bits per heavy atom. The van der Waals surface area contributed by atoms with Gasteiger partial charge in [-0.1, -0.05) is 24.3 Å². The summed E-state index contributed by atoms with van der Waals surface area (Å²) in [5.41, 5.74) is 15.8. The van der Waals surface area contributed by atoms with Crippen molar-refractivity contribution < 1.29 is 4.12 Å². The van der Waals surface area contributed by atoms with Crippen LogP contribution >= 0.6 is 0 Å². The van der Waals surface area contributed by atoms with Gasteiger partial charge in [-0.3, -0.25) is 0 Å². The third-order valence-electron chi connectivity index (χ3n) is 4.44. The maximum Gasteiger partial charge on any atom is 0.206 e. The van der Waals surface area contributed by atoms with E-state index >= 15 is 0 Å². The van der Waals surface area contributed by atoms with E-state index in [-0.39, 0.29) is 0 Å². The van der Waals surface area contributed by atoms with Crippen LogP contribution in [0.15, 0.2) is 36.4 Å². The molecule has 5 heteroatoms. The Labute approximate surface area is 141 Å². The zero-order valence-corrected chi connectivity index (χ0v) is 17.0. The van der Waals surface area contributed by atoms with Crippen molar-refractivity contribution in [3.8, 4) is 0 Å². The number of rotatable bonds is 4. The molecule has 0 atom stereocenters. The minimum absolute atomic E-state index is 0.837. The molecule has 3 nitrogen and oxygen atoms in total. The molecule has 2 aromatic carbocycles. The largest absolute Gasteiger partial charge is 0.449 e. The second-order valence-corrected chi connectivity index (χ2v) is 15.3. The standard InChI is InChI=1S/C18H28N2OSi2/c1-13-11-15(7-9-17(13)19)22(3,4)21-23(5,6)16-8-10-18(20)14(2)12-16/h7-12H,19-20H2,1-6H3. The van der Waals surface area contributed by atoms with Gasteiger partial charge in [0.05, 0.1) is 0 Å². The average molecular weight is 345 g/mol. The highest BCUT2D eigenvalue weighted by Gasteiger charge is 2.36. The lowest BCUT2D eigenvalue weighted by Gasteiger charge is -2.35. The first-order valence-electron chi connectivity index (χ1n) is 7.96. The first kappa shape index (κ1) is 17.8. The summed E-state index contributed by atoms with van der Waals surface area (Å²) in [6.45, 7) is 13.1. The number of hydrogen-bond donors (Lipinski definition) is 2. The van der Waals surface area contributed by atoms with Crippen molar-refractivity contribution in [3.05, 3.63) is 47.5 Å². The third kappa shape index (κ3) is 3.86. The fraction of sp³-hybridized carbons (Fsp3) is 0.333. The molecule has 0 fully saturated rings. The summed E-state index contributed by atoms with van der Waals surface area (Å²) >= 11 is 0. The molecule has 0 aromatic heterocycles. The van der Waals surface area contributed by atoms with Crippen LogP contribution in [-0.4, -0.2) is 16.6 Å². The van der Waals surface area contributed by atoms with E-state index in [2.05, 4.69) is 64.3 Å². The van der Waals surface area contributed by atoms with Crippen molar-refractivity contribution in [1.82, 2.24) is 0 Å². The Hall–Kier alpha value is -1.57. The number of aryl methyl sites for hydroxylation is 2. The van der Waals surface area contributed by atoms with Gasteiger partial charge in [-0.15, -0.1) is 0 Å². The van der Waals surface area contributed by atoms with E-state index in [0.29, 0.717) is 0 Å². The average Bonchev–Trinajstić information content (AvgIpc) is 2.43. The van der Waals surface area contributed by atoms with Gasteiger partial charge in [0, 0.05) is 11.4 Å². The molecular formula is C18H28N2OSi2. The van der Waals surface area contributed by atoms with Gasteiger partial charge in [-0.05, 0) is 73.7 Å². The second-order valence-electron chi connectivity index (χ2n) is 7.27. The minimum atomic E-state index is -2.01. The summed E-state index contributed by atoms with van der Waals surface area (Å²) in [4.78, 5) is 0. The number of benzene rings is 2. The van der Waals surface area contributed by atoms with Crippen molar-refractivity contribution in [1.29, 1.82) is 0 Å². The Kier molecular flexibility index (Phi) is 4.75. The molecule has 124 valence electrons. The molecule has 2 rings (SSSR count). The highest BCUT2D eigenvalue weighted by Crippen LogP contribution is 2.19. The quantitative estimate of drug-likeness (QED) is 0.662. The molecule has 0 aliphatic carbocycles. The smallest absolute Gasteiger partial charge is 0.206 e. The Balaban J connectivity index is 2.33. The molecule has 0 bridgehead atoms. The van der Waals surface area contributed by atoms with Crippen LogP contribution in [0.3, 0.4) is 0 Å². The first-order valence-corrected chi connectivity index (χ1v) is 13.8. The van der Waals surface area contributed by atoms with Crippen LogP contribution in [-0.2, 0) is 4.12 Å². The summed E-state index contributed by atoms with van der Waals surface area (Å²) in [7, 11) is -4.02. The molecule has 0 heterocycles. The normalized spacial score (nSPS) is 12.4. The minimum Gasteiger partial charge on any atom is -0.449 e. The van der Waals surface area contributed by atoms with Gasteiger partial charge in [-0.25, -0.2) is 0 Å². The summed E-state index contributed by atoms with van der Waals surface area (Å²) in [6, 6.07) is 12.6. The van der Waals surface area contributed by atoms with Crippen molar-refractivity contribution in [3.63, 3.8) is 0 Å². The van der Waals surface area contributed by atoms with Crippen LogP contribution in [0, 0.1) is 13.8 Å². The van der Waals surface area contributed by atoms with E-state index in [9.17, 15) is 0 Å². The maximum absolute atomic E-state index is 6.78. The molecule has 0 saturated carbocycles. The van der Waals surface area contributed by atoms with Crippen LogP contribution in [0.4, 0.5) is 11.4 Å². The van der Waals surface area contributed by atoms with E-state index in [4.69, 9.17) is 15.6 Å². The van der Waals surface area contributed by atoms with Crippen molar-refractivity contribution in [2.75, 3.05) is 11.5 Å². The molecule has 0 spiro atoms. The van der Waals surface area contributed by atoms with Gasteiger partial charge < -0.3 is 15.6 Å². The lowest BCUT2D eigenvalue weighted by molar-refractivity contribution is 0.573. The van der Waals surface area contributed by atoms with Gasteiger partial charge in [0.15, 0.2) is 0 Å². The van der Waals surface area contributed by atoms with E-state index in [0.717, 1.165) is 22.5 Å². The maximum atomic E-state index is 6.78. The summed E-state index contributed by atoms with van der Waals surface area (Å²) in [6.07, 6.45) is 0. The van der Waals surface area contributed by atoms with E-state index in [1.807, 2.05) is 12.1 Å². The molecule has 2 aromatic rings. The lowest BCUT2D eigenvalue weighted by atomic mass is 10.2. The van der Waals surface area contributed by atoms with E-state index in [1.165, 1.54) is 10.4 Å². The van der Waals surface area contributed by atoms with Gasteiger partial charge in [-0.2, -0.15) is 0 Å². The van der Waals surface area contributed by atoms with Crippen LogP contribution in [0.1, 0.15) is 11.1 Å². The van der Waals surface area contributed by atoms with Gasteiger partial charge >= 0.3 is 0 Å². The molecule has 0 saturated heterocycles. The first-order chi connectivity index (χ1) is 10.5. The van der Waals surface area contributed by atoms with E-state index in [1.54, 1.807) is 0 Å². The molecular weight excluding hydrogens is 316 g/mol. The van der Waals surface area contributed by atoms with E-state index < -0.39 is 16.6 Å². The second kappa shape index (κ2) is 6.15. The monoisotopic (exact) mass is 344 g/mol. The SMILES string of the molecule is Cc1cc([Si](C)(C)O[Si](C)(C)c2ccc(N)c(C)c2)ccc1N. The Morgan fingerprint density at radius 1 is 0.696 bits per heavy atom. The topological polar surface area (TPSA) is 61.3 Å². The zero-order valence-electron chi connectivity index (χ0n) is 15.0. The fourth-order valence-electron chi connectivity index (χ4n) is 2.86. The highest BCUT2D eigenvalue weighted by molar-refractivity contribution is 6.96. The Bertz CT molecular complexity index is 665.